The largest absolute Gasteiger partial charge is 0.495 e. The maximum atomic E-state index is 12.1. The predicted octanol–water partition coefficient (Wildman–Crippen LogP) is 1.90. The zero-order valence-corrected chi connectivity index (χ0v) is 16.2. The molecule has 0 unspecified atom stereocenters. The van der Waals surface area contributed by atoms with E-state index in [0.29, 0.717) is 27.1 Å². The number of benzene rings is 1. The van der Waals surface area contributed by atoms with Gasteiger partial charge in [0.2, 0.25) is 11.8 Å². The summed E-state index contributed by atoms with van der Waals surface area (Å²) in [6, 6.07) is 6.42. The van der Waals surface area contributed by atoms with E-state index in [-0.39, 0.29) is 19.0 Å². The molecule has 1 aromatic heterocycles. The van der Waals surface area contributed by atoms with Crippen molar-refractivity contribution in [2.75, 3.05) is 32.6 Å². The molecule has 3 amide bonds. The molecule has 2 rings (SSSR count). The van der Waals surface area contributed by atoms with Crippen LogP contribution >= 0.6 is 22.9 Å². The van der Waals surface area contributed by atoms with Crippen molar-refractivity contribution in [3.63, 3.8) is 0 Å². The number of methoxy groups -OCH3 is 2. The molecule has 27 heavy (non-hydrogen) atoms. The Morgan fingerprint density at radius 3 is 2.37 bits per heavy atom. The first kappa shape index (κ1) is 20.5. The SMILES string of the molecule is COc1cc(NC(=O)CNC(=O)CNC(=O)c2cccs2)c(OC)cc1Cl. The Morgan fingerprint density at radius 1 is 1.04 bits per heavy atom. The van der Waals surface area contributed by atoms with Crippen molar-refractivity contribution in [3.05, 3.63) is 39.5 Å². The molecule has 2 aromatic rings. The Morgan fingerprint density at radius 2 is 1.74 bits per heavy atom. The van der Waals surface area contributed by atoms with Crippen molar-refractivity contribution < 1.29 is 23.9 Å². The highest BCUT2D eigenvalue weighted by molar-refractivity contribution is 7.12. The van der Waals surface area contributed by atoms with Crippen LogP contribution in [0.2, 0.25) is 5.02 Å². The summed E-state index contributed by atoms with van der Waals surface area (Å²) in [4.78, 5) is 36.1. The number of ether oxygens (including phenoxy) is 2. The molecule has 0 saturated heterocycles. The molecule has 0 saturated carbocycles. The van der Waals surface area contributed by atoms with Gasteiger partial charge >= 0.3 is 0 Å². The van der Waals surface area contributed by atoms with Crippen molar-refractivity contribution in [2.24, 2.45) is 0 Å². The zero-order chi connectivity index (χ0) is 19.8. The molecule has 0 fully saturated rings. The Balaban J connectivity index is 1.83. The number of amides is 3. The summed E-state index contributed by atoms with van der Waals surface area (Å²) in [5.74, 6) is -0.592. The topological polar surface area (TPSA) is 106 Å². The van der Waals surface area contributed by atoms with Crippen LogP contribution in [0.4, 0.5) is 5.69 Å². The van der Waals surface area contributed by atoms with E-state index in [1.165, 1.54) is 37.7 Å². The molecule has 1 aromatic carbocycles. The van der Waals surface area contributed by atoms with Gasteiger partial charge in [-0.1, -0.05) is 17.7 Å². The van der Waals surface area contributed by atoms with Gasteiger partial charge in [0.15, 0.2) is 0 Å². The summed E-state index contributed by atoms with van der Waals surface area (Å²) in [7, 11) is 2.88. The highest BCUT2D eigenvalue weighted by atomic mass is 35.5. The van der Waals surface area contributed by atoms with E-state index in [1.807, 2.05) is 0 Å². The smallest absolute Gasteiger partial charge is 0.261 e. The molecule has 10 heteroatoms. The van der Waals surface area contributed by atoms with Gasteiger partial charge < -0.3 is 25.4 Å². The second-order valence-corrected chi connectivity index (χ2v) is 6.53. The molecule has 0 radical (unpaired) electrons. The lowest BCUT2D eigenvalue weighted by molar-refractivity contribution is -0.123. The molecule has 0 aliphatic carbocycles. The number of carbonyl (C=O) groups excluding carboxylic acids is 3. The van der Waals surface area contributed by atoms with E-state index in [9.17, 15) is 14.4 Å². The van der Waals surface area contributed by atoms with E-state index < -0.39 is 11.8 Å². The molecule has 8 nitrogen and oxygen atoms in total. The lowest BCUT2D eigenvalue weighted by Crippen LogP contribution is -2.40. The fourth-order valence-electron chi connectivity index (χ4n) is 2.05. The van der Waals surface area contributed by atoms with Gasteiger partial charge in [-0.2, -0.15) is 0 Å². The summed E-state index contributed by atoms with van der Waals surface area (Å²) in [6.45, 7) is -0.510. The summed E-state index contributed by atoms with van der Waals surface area (Å²) < 4.78 is 10.3. The highest BCUT2D eigenvalue weighted by Gasteiger charge is 2.14. The molecule has 0 atom stereocenters. The van der Waals surface area contributed by atoms with E-state index in [2.05, 4.69) is 16.0 Å². The summed E-state index contributed by atoms with van der Waals surface area (Å²) in [5, 5.41) is 9.60. The van der Waals surface area contributed by atoms with Crippen LogP contribution in [-0.2, 0) is 9.59 Å². The minimum atomic E-state index is -0.490. The summed E-state index contributed by atoms with van der Waals surface area (Å²) in [5.41, 5.74) is 0.351. The highest BCUT2D eigenvalue weighted by Crippen LogP contribution is 2.35. The lowest BCUT2D eigenvalue weighted by atomic mass is 10.2. The monoisotopic (exact) mass is 411 g/mol. The van der Waals surface area contributed by atoms with Crippen LogP contribution in [0.1, 0.15) is 9.67 Å². The van der Waals surface area contributed by atoms with Gasteiger partial charge in [-0.25, -0.2) is 0 Å². The average molecular weight is 412 g/mol. The number of halogens is 1. The van der Waals surface area contributed by atoms with Crippen LogP contribution in [0.5, 0.6) is 11.5 Å². The number of nitrogens with one attached hydrogen (secondary N) is 3. The van der Waals surface area contributed by atoms with Gasteiger partial charge in [0.25, 0.3) is 5.91 Å². The van der Waals surface area contributed by atoms with Gasteiger partial charge in [0.1, 0.15) is 11.5 Å². The molecule has 0 aliphatic heterocycles. The van der Waals surface area contributed by atoms with Crippen LogP contribution in [0.15, 0.2) is 29.6 Å². The molecule has 3 N–H and O–H groups in total. The first-order valence-corrected chi connectivity index (χ1v) is 9.00. The first-order valence-electron chi connectivity index (χ1n) is 7.74. The Kier molecular flexibility index (Phi) is 7.44. The number of rotatable bonds is 8. The quantitative estimate of drug-likeness (QED) is 0.615. The van der Waals surface area contributed by atoms with Crippen molar-refractivity contribution in [1.29, 1.82) is 0 Å². The molecule has 0 aliphatic rings. The minimum Gasteiger partial charge on any atom is -0.495 e. The second-order valence-electron chi connectivity index (χ2n) is 5.17. The Bertz CT molecular complexity index is 826. The van der Waals surface area contributed by atoms with Crippen LogP contribution in [-0.4, -0.2) is 45.0 Å². The van der Waals surface area contributed by atoms with E-state index in [0.717, 1.165) is 0 Å². The van der Waals surface area contributed by atoms with Crippen LogP contribution < -0.4 is 25.4 Å². The molecule has 144 valence electrons. The third-order valence-electron chi connectivity index (χ3n) is 3.35. The van der Waals surface area contributed by atoms with E-state index in [4.69, 9.17) is 21.1 Å². The molecular weight excluding hydrogens is 394 g/mol. The third-order valence-corrected chi connectivity index (χ3v) is 4.51. The van der Waals surface area contributed by atoms with Gasteiger partial charge in [0, 0.05) is 12.1 Å². The van der Waals surface area contributed by atoms with Crippen LogP contribution in [0.3, 0.4) is 0 Å². The number of anilines is 1. The van der Waals surface area contributed by atoms with Gasteiger partial charge in [0.05, 0.1) is 42.9 Å². The summed E-state index contributed by atoms with van der Waals surface area (Å²) in [6.07, 6.45) is 0. The Hall–Kier alpha value is -2.78. The van der Waals surface area contributed by atoms with Gasteiger partial charge in [-0.05, 0) is 11.4 Å². The van der Waals surface area contributed by atoms with Gasteiger partial charge in [-0.15, -0.1) is 11.3 Å². The maximum absolute atomic E-state index is 12.1. The minimum absolute atomic E-state index is 0.234. The van der Waals surface area contributed by atoms with Crippen LogP contribution in [0, 0.1) is 0 Å². The molecular formula is C17H18ClN3O5S. The second kappa shape index (κ2) is 9.79. The summed E-state index contributed by atoms with van der Waals surface area (Å²) >= 11 is 7.28. The molecule has 0 bridgehead atoms. The average Bonchev–Trinajstić information content (AvgIpc) is 3.20. The number of carbonyl (C=O) groups is 3. The van der Waals surface area contributed by atoms with E-state index in [1.54, 1.807) is 17.5 Å². The molecule has 0 spiro atoms. The van der Waals surface area contributed by atoms with Crippen molar-refractivity contribution in [2.45, 2.75) is 0 Å². The number of thiophene rings is 1. The fourth-order valence-corrected chi connectivity index (χ4v) is 2.92. The van der Waals surface area contributed by atoms with E-state index >= 15 is 0 Å². The maximum Gasteiger partial charge on any atom is 0.261 e. The van der Waals surface area contributed by atoms with Gasteiger partial charge in [-0.3, -0.25) is 14.4 Å². The first-order chi connectivity index (χ1) is 12.9. The van der Waals surface area contributed by atoms with Crippen molar-refractivity contribution >= 4 is 46.3 Å². The number of hydrogen-bond donors (Lipinski definition) is 3. The fraction of sp³-hybridized carbons (Fsp3) is 0.235. The number of hydrogen-bond acceptors (Lipinski definition) is 6. The van der Waals surface area contributed by atoms with Crippen molar-refractivity contribution in [3.8, 4) is 11.5 Å². The standard InChI is InChI=1S/C17H18ClN3O5S/c1-25-12-7-11(13(26-2)6-10(12)18)21-16(23)9-19-15(22)8-20-17(24)14-4-3-5-27-14/h3-7H,8-9H2,1-2H3,(H,19,22)(H,20,24)(H,21,23). The predicted molar refractivity (Wildman–Crippen MR) is 103 cm³/mol. The third kappa shape index (κ3) is 5.87. The van der Waals surface area contributed by atoms with Crippen molar-refractivity contribution in [1.82, 2.24) is 10.6 Å². The Labute approximate surface area is 164 Å². The normalized spacial score (nSPS) is 10.0. The zero-order valence-electron chi connectivity index (χ0n) is 14.6. The van der Waals surface area contributed by atoms with Crippen LogP contribution in [0.25, 0.3) is 0 Å². The lowest BCUT2D eigenvalue weighted by Gasteiger charge is -2.13. The molecule has 1 heterocycles.